The van der Waals surface area contributed by atoms with E-state index in [1.54, 1.807) is 13.0 Å². The molecule has 0 spiro atoms. The van der Waals surface area contributed by atoms with E-state index < -0.39 is 10.0 Å². The molecule has 27 heavy (non-hydrogen) atoms. The molecule has 0 bridgehead atoms. The summed E-state index contributed by atoms with van der Waals surface area (Å²) in [6.45, 7) is 6.32. The number of aryl methyl sites for hydroxylation is 3. The van der Waals surface area contributed by atoms with E-state index in [9.17, 15) is 13.2 Å². The number of nitrogens with one attached hydrogen (secondary N) is 1. The van der Waals surface area contributed by atoms with Crippen molar-refractivity contribution in [1.82, 2.24) is 4.31 Å². The van der Waals surface area contributed by atoms with Gasteiger partial charge in [0.05, 0.1) is 10.8 Å². The van der Waals surface area contributed by atoms with E-state index in [4.69, 9.17) is 0 Å². The van der Waals surface area contributed by atoms with Crippen LogP contribution in [0, 0.1) is 26.7 Å². The maximum atomic E-state index is 13.1. The van der Waals surface area contributed by atoms with Gasteiger partial charge >= 0.3 is 0 Å². The Kier molecular flexibility index (Phi) is 5.67. The SMILES string of the molecule is Cc1cccc(NC(=O)[C@H]2CCCN(S(=O)(=O)c3cc(C)ccc3C)C2)c1. The van der Waals surface area contributed by atoms with Gasteiger partial charge in [0.25, 0.3) is 0 Å². The second-order valence-electron chi connectivity index (χ2n) is 7.33. The summed E-state index contributed by atoms with van der Waals surface area (Å²) in [6, 6.07) is 13.1. The second-order valence-corrected chi connectivity index (χ2v) is 9.24. The first-order valence-electron chi connectivity index (χ1n) is 9.22. The molecule has 2 aromatic carbocycles. The van der Waals surface area contributed by atoms with Crippen molar-refractivity contribution in [1.29, 1.82) is 0 Å². The molecule has 2 aromatic rings. The Morgan fingerprint density at radius 3 is 2.56 bits per heavy atom. The Morgan fingerprint density at radius 1 is 1.07 bits per heavy atom. The van der Waals surface area contributed by atoms with Gasteiger partial charge in [-0.2, -0.15) is 4.31 Å². The minimum Gasteiger partial charge on any atom is -0.326 e. The maximum absolute atomic E-state index is 13.1. The smallest absolute Gasteiger partial charge is 0.243 e. The number of sulfonamides is 1. The molecule has 0 saturated carbocycles. The fourth-order valence-corrected chi connectivity index (χ4v) is 5.30. The van der Waals surface area contributed by atoms with Crippen molar-refractivity contribution in [3.05, 3.63) is 59.2 Å². The molecule has 0 radical (unpaired) electrons. The van der Waals surface area contributed by atoms with Crippen LogP contribution in [0.15, 0.2) is 47.4 Å². The first-order chi connectivity index (χ1) is 12.8. The molecular weight excluding hydrogens is 360 g/mol. The maximum Gasteiger partial charge on any atom is 0.243 e. The molecule has 1 atom stereocenters. The first-order valence-corrected chi connectivity index (χ1v) is 10.7. The third-order valence-corrected chi connectivity index (χ3v) is 7.01. The molecule has 6 heteroatoms. The van der Waals surface area contributed by atoms with E-state index in [-0.39, 0.29) is 18.4 Å². The van der Waals surface area contributed by atoms with Crippen LogP contribution >= 0.6 is 0 Å². The standard InChI is InChI=1S/C21H26N2O3S/c1-15-6-4-8-19(12-15)22-21(24)18-7-5-11-23(14-18)27(25,26)20-13-16(2)9-10-17(20)3/h4,6,8-10,12-13,18H,5,7,11,14H2,1-3H3,(H,22,24)/t18-/m0/s1. The number of benzene rings is 2. The number of hydrogen-bond acceptors (Lipinski definition) is 3. The molecule has 1 saturated heterocycles. The van der Waals surface area contributed by atoms with E-state index in [2.05, 4.69) is 5.32 Å². The predicted octanol–water partition coefficient (Wildman–Crippen LogP) is 3.65. The lowest BCUT2D eigenvalue weighted by molar-refractivity contribution is -0.120. The molecule has 1 aliphatic heterocycles. The molecule has 144 valence electrons. The number of rotatable bonds is 4. The monoisotopic (exact) mass is 386 g/mol. The van der Waals surface area contributed by atoms with Crippen LogP contribution in [0.1, 0.15) is 29.5 Å². The van der Waals surface area contributed by atoms with Gasteiger partial charge in [-0.15, -0.1) is 0 Å². The lowest BCUT2D eigenvalue weighted by atomic mass is 9.98. The van der Waals surface area contributed by atoms with E-state index in [0.717, 1.165) is 22.4 Å². The lowest BCUT2D eigenvalue weighted by Crippen LogP contribution is -2.43. The number of carbonyl (C=O) groups excluding carboxylic acids is 1. The van der Waals surface area contributed by atoms with Gasteiger partial charge in [-0.05, 0) is 68.5 Å². The van der Waals surface area contributed by atoms with Crippen LogP contribution in [-0.4, -0.2) is 31.7 Å². The number of piperidine rings is 1. The van der Waals surface area contributed by atoms with Crippen molar-refractivity contribution >= 4 is 21.6 Å². The molecule has 5 nitrogen and oxygen atoms in total. The molecule has 0 aromatic heterocycles. The molecule has 1 fully saturated rings. The highest BCUT2D eigenvalue weighted by Gasteiger charge is 2.34. The van der Waals surface area contributed by atoms with Crippen LogP contribution in [0.5, 0.6) is 0 Å². The third kappa shape index (κ3) is 4.39. The Morgan fingerprint density at radius 2 is 1.81 bits per heavy atom. The topological polar surface area (TPSA) is 66.5 Å². The number of amides is 1. The molecule has 1 N–H and O–H groups in total. The van der Waals surface area contributed by atoms with Crippen molar-refractivity contribution < 1.29 is 13.2 Å². The van der Waals surface area contributed by atoms with Gasteiger partial charge < -0.3 is 5.32 Å². The Hall–Kier alpha value is -2.18. The van der Waals surface area contributed by atoms with E-state index in [1.807, 2.05) is 50.2 Å². The Labute approximate surface area is 161 Å². The van der Waals surface area contributed by atoms with Gasteiger partial charge in [-0.25, -0.2) is 8.42 Å². The average Bonchev–Trinajstić information content (AvgIpc) is 2.63. The molecule has 0 unspecified atom stereocenters. The van der Waals surface area contributed by atoms with Crippen LogP contribution in [0.25, 0.3) is 0 Å². The van der Waals surface area contributed by atoms with Gasteiger partial charge in [0.2, 0.25) is 15.9 Å². The minimum atomic E-state index is -3.61. The van der Waals surface area contributed by atoms with Crippen LogP contribution in [0.3, 0.4) is 0 Å². The minimum absolute atomic E-state index is 0.124. The molecule has 1 amide bonds. The second kappa shape index (κ2) is 7.82. The summed E-state index contributed by atoms with van der Waals surface area (Å²) < 4.78 is 27.7. The zero-order chi connectivity index (χ0) is 19.6. The van der Waals surface area contributed by atoms with Crippen molar-refractivity contribution in [3.8, 4) is 0 Å². The first kappa shape index (κ1) is 19.6. The van der Waals surface area contributed by atoms with Crippen molar-refractivity contribution in [2.24, 2.45) is 5.92 Å². The van der Waals surface area contributed by atoms with Crippen LogP contribution < -0.4 is 5.32 Å². The largest absolute Gasteiger partial charge is 0.326 e. The number of carbonyl (C=O) groups is 1. The highest BCUT2D eigenvalue weighted by Crippen LogP contribution is 2.27. The average molecular weight is 387 g/mol. The number of hydrogen-bond donors (Lipinski definition) is 1. The van der Waals surface area contributed by atoms with Gasteiger partial charge in [-0.1, -0.05) is 24.3 Å². The fraction of sp³-hybridized carbons (Fsp3) is 0.381. The summed E-state index contributed by atoms with van der Waals surface area (Å²) in [5, 5.41) is 2.92. The third-order valence-electron chi connectivity index (χ3n) is 5.00. The molecule has 0 aliphatic carbocycles. The van der Waals surface area contributed by atoms with Crippen LogP contribution in [-0.2, 0) is 14.8 Å². The zero-order valence-corrected chi connectivity index (χ0v) is 16.8. The van der Waals surface area contributed by atoms with Crippen LogP contribution in [0.4, 0.5) is 5.69 Å². The number of anilines is 1. The van der Waals surface area contributed by atoms with Gasteiger partial charge in [-0.3, -0.25) is 4.79 Å². The van der Waals surface area contributed by atoms with Crippen LogP contribution in [0.2, 0.25) is 0 Å². The van der Waals surface area contributed by atoms with Gasteiger partial charge in [0, 0.05) is 18.8 Å². The highest BCUT2D eigenvalue weighted by molar-refractivity contribution is 7.89. The van der Waals surface area contributed by atoms with E-state index in [0.29, 0.717) is 24.3 Å². The summed E-state index contributed by atoms with van der Waals surface area (Å²) in [5.74, 6) is -0.472. The lowest BCUT2D eigenvalue weighted by Gasteiger charge is -2.31. The van der Waals surface area contributed by atoms with E-state index in [1.165, 1.54) is 4.31 Å². The molecule has 1 heterocycles. The summed E-state index contributed by atoms with van der Waals surface area (Å²) in [6.07, 6.45) is 1.37. The molecule has 1 aliphatic rings. The Balaban J connectivity index is 1.77. The van der Waals surface area contributed by atoms with E-state index >= 15 is 0 Å². The number of nitrogens with zero attached hydrogens (tertiary/aromatic N) is 1. The van der Waals surface area contributed by atoms with Crippen molar-refractivity contribution in [2.75, 3.05) is 18.4 Å². The molecular formula is C21H26N2O3S. The molecule has 3 rings (SSSR count). The Bertz CT molecular complexity index is 954. The fourth-order valence-electron chi connectivity index (χ4n) is 3.47. The summed E-state index contributed by atoms with van der Waals surface area (Å²) in [4.78, 5) is 13.0. The zero-order valence-electron chi connectivity index (χ0n) is 16.0. The summed E-state index contributed by atoms with van der Waals surface area (Å²) in [5.41, 5.74) is 3.45. The summed E-state index contributed by atoms with van der Waals surface area (Å²) in [7, 11) is -3.61. The van der Waals surface area contributed by atoms with Crippen molar-refractivity contribution in [3.63, 3.8) is 0 Å². The predicted molar refractivity (Wildman–Crippen MR) is 107 cm³/mol. The van der Waals surface area contributed by atoms with Crippen molar-refractivity contribution in [2.45, 2.75) is 38.5 Å². The highest BCUT2D eigenvalue weighted by atomic mass is 32.2. The quantitative estimate of drug-likeness (QED) is 0.872. The normalized spacial score (nSPS) is 18.3. The van der Waals surface area contributed by atoms with Gasteiger partial charge in [0.15, 0.2) is 0 Å². The summed E-state index contributed by atoms with van der Waals surface area (Å²) >= 11 is 0. The van der Waals surface area contributed by atoms with Gasteiger partial charge in [0.1, 0.15) is 0 Å².